The standard InChI is InChI=1S/C34H41F2N3O4/c1-4-22-7-5-8-23(13-22)19-38-33(41)29-11-21(2)12-30(34(42)39-10-6-9-27(39)20-43-3)28(29)18-32(40)31(37)16-24-14-25(35)17-26(36)15-24/h5,7-8,11-15,17,27,31-32,40H,4,6,9-10,16,18-20,37H2,1-3H3,(H,38,41)/t27-,31-,32+/m0/s1. The molecule has 0 aliphatic carbocycles. The first kappa shape index (κ1) is 32.3. The average molecular weight is 594 g/mol. The molecule has 3 aromatic carbocycles. The molecule has 1 fully saturated rings. The quantitative estimate of drug-likeness (QED) is 0.287. The predicted molar refractivity (Wildman–Crippen MR) is 162 cm³/mol. The Morgan fingerprint density at radius 1 is 1.05 bits per heavy atom. The fourth-order valence-electron chi connectivity index (χ4n) is 5.79. The molecule has 0 bridgehead atoms. The van der Waals surface area contributed by atoms with Gasteiger partial charge >= 0.3 is 0 Å². The molecule has 0 unspecified atom stereocenters. The zero-order chi connectivity index (χ0) is 31.1. The van der Waals surface area contributed by atoms with Gasteiger partial charge in [-0.2, -0.15) is 0 Å². The summed E-state index contributed by atoms with van der Waals surface area (Å²) in [7, 11) is 1.60. The van der Waals surface area contributed by atoms with Crippen LogP contribution in [0.4, 0.5) is 8.78 Å². The number of benzene rings is 3. The number of nitrogens with two attached hydrogens (primary N) is 1. The van der Waals surface area contributed by atoms with Gasteiger partial charge in [-0.05, 0) is 84.7 Å². The fourth-order valence-corrected chi connectivity index (χ4v) is 5.79. The number of rotatable bonds is 12. The van der Waals surface area contributed by atoms with Gasteiger partial charge in [0.25, 0.3) is 11.8 Å². The zero-order valence-electron chi connectivity index (χ0n) is 25.0. The Kier molecular flexibility index (Phi) is 11.0. The molecule has 3 atom stereocenters. The lowest BCUT2D eigenvalue weighted by Gasteiger charge is -2.27. The second-order valence-electron chi connectivity index (χ2n) is 11.4. The molecule has 1 heterocycles. The van der Waals surface area contributed by atoms with E-state index in [1.165, 1.54) is 12.1 Å². The van der Waals surface area contributed by atoms with Gasteiger partial charge in [0.05, 0.1) is 18.8 Å². The van der Waals surface area contributed by atoms with Crippen LogP contribution in [0.3, 0.4) is 0 Å². The van der Waals surface area contributed by atoms with E-state index >= 15 is 0 Å². The molecule has 3 aromatic rings. The van der Waals surface area contributed by atoms with Crippen molar-refractivity contribution in [1.29, 1.82) is 0 Å². The summed E-state index contributed by atoms with van der Waals surface area (Å²) in [6.45, 7) is 5.13. The van der Waals surface area contributed by atoms with Gasteiger partial charge in [0.2, 0.25) is 0 Å². The predicted octanol–water partition coefficient (Wildman–Crippen LogP) is 4.49. The molecule has 1 aliphatic heterocycles. The Balaban J connectivity index is 1.66. The molecular weight excluding hydrogens is 552 g/mol. The summed E-state index contributed by atoms with van der Waals surface area (Å²) < 4.78 is 32.9. The highest BCUT2D eigenvalue weighted by molar-refractivity contribution is 6.02. The molecular formula is C34H41F2N3O4. The molecule has 4 rings (SSSR count). The van der Waals surface area contributed by atoms with Crippen molar-refractivity contribution < 1.29 is 28.2 Å². The van der Waals surface area contributed by atoms with E-state index in [1.807, 2.05) is 31.2 Å². The van der Waals surface area contributed by atoms with Gasteiger partial charge < -0.3 is 25.8 Å². The number of nitrogens with zero attached hydrogens (tertiary/aromatic N) is 1. The Bertz CT molecular complexity index is 1430. The second-order valence-corrected chi connectivity index (χ2v) is 11.4. The van der Waals surface area contributed by atoms with Crippen molar-refractivity contribution >= 4 is 11.8 Å². The van der Waals surface area contributed by atoms with E-state index in [1.54, 1.807) is 24.1 Å². The number of carbonyl (C=O) groups is 2. The first-order valence-corrected chi connectivity index (χ1v) is 14.8. The summed E-state index contributed by atoms with van der Waals surface area (Å²) >= 11 is 0. The number of aryl methyl sites for hydroxylation is 2. The minimum atomic E-state index is -1.21. The van der Waals surface area contributed by atoms with Crippen LogP contribution in [-0.2, 0) is 30.5 Å². The number of hydrogen-bond donors (Lipinski definition) is 3. The number of carbonyl (C=O) groups excluding carboxylic acids is 2. The van der Waals surface area contributed by atoms with Gasteiger partial charge in [0, 0.05) is 49.9 Å². The molecule has 0 radical (unpaired) electrons. The van der Waals surface area contributed by atoms with E-state index in [0.717, 1.165) is 42.0 Å². The lowest BCUT2D eigenvalue weighted by Crippen LogP contribution is -2.41. The Hall–Kier alpha value is -3.66. The van der Waals surface area contributed by atoms with Crippen molar-refractivity contribution in [2.75, 3.05) is 20.3 Å². The highest BCUT2D eigenvalue weighted by Gasteiger charge is 2.33. The maximum atomic E-state index is 14.0. The van der Waals surface area contributed by atoms with Crippen molar-refractivity contribution in [2.45, 2.75) is 70.7 Å². The number of likely N-dealkylation sites (tertiary alicyclic amines) is 1. The van der Waals surface area contributed by atoms with Gasteiger partial charge in [0.15, 0.2) is 0 Å². The number of aliphatic hydroxyl groups is 1. The Labute approximate surface area is 252 Å². The number of methoxy groups -OCH3 is 1. The third kappa shape index (κ3) is 8.25. The highest BCUT2D eigenvalue weighted by Crippen LogP contribution is 2.27. The maximum Gasteiger partial charge on any atom is 0.254 e. The molecule has 0 spiro atoms. The molecule has 7 nitrogen and oxygen atoms in total. The largest absolute Gasteiger partial charge is 0.391 e. The molecule has 2 amide bonds. The van der Waals surface area contributed by atoms with Crippen LogP contribution in [0.2, 0.25) is 0 Å². The first-order chi connectivity index (χ1) is 20.6. The van der Waals surface area contributed by atoms with Crippen LogP contribution in [0.15, 0.2) is 54.6 Å². The summed E-state index contributed by atoms with van der Waals surface area (Å²) in [5.41, 5.74) is 10.4. The van der Waals surface area contributed by atoms with E-state index in [2.05, 4.69) is 12.2 Å². The van der Waals surface area contributed by atoms with Crippen molar-refractivity contribution in [3.8, 4) is 0 Å². The third-order valence-corrected chi connectivity index (χ3v) is 8.02. The van der Waals surface area contributed by atoms with Crippen LogP contribution < -0.4 is 11.1 Å². The van der Waals surface area contributed by atoms with Crippen LogP contribution in [0.25, 0.3) is 0 Å². The van der Waals surface area contributed by atoms with E-state index in [-0.39, 0.29) is 36.3 Å². The molecule has 230 valence electrons. The minimum Gasteiger partial charge on any atom is -0.391 e. The van der Waals surface area contributed by atoms with Gasteiger partial charge in [-0.3, -0.25) is 9.59 Å². The molecule has 0 saturated carbocycles. The zero-order valence-corrected chi connectivity index (χ0v) is 25.0. The van der Waals surface area contributed by atoms with Crippen molar-refractivity contribution in [2.24, 2.45) is 5.73 Å². The summed E-state index contributed by atoms with van der Waals surface area (Å²) in [5.74, 6) is -2.08. The normalized spacial score (nSPS) is 16.3. The number of nitrogens with one attached hydrogen (secondary N) is 1. The first-order valence-electron chi connectivity index (χ1n) is 14.8. The molecule has 1 aliphatic rings. The van der Waals surface area contributed by atoms with Crippen LogP contribution >= 0.6 is 0 Å². The van der Waals surface area contributed by atoms with Gasteiger partial charge in [-0.15, -0.1) is 0 Å². The smallest absolute Gasteiger partial charge is 0.254 e. The SMILES string of the molecule is CCc1cccc(CNC(=O)c2cc(C)cc(C(=O)N3CCC[C@H]3COC)c2C[C@@H](O)[C@@H](N)Cc2cc(F)cc(F)c2)c1. The summed E-state index contributed by atoms with van der Waals surface area (Å²) in [4.78, 5) is 29.4. The molecule has 1 saturated heterocycles. The summed E-state index contributed by atoms with van der Waals surface area (Å²) in [6.07, 6.45) is 1.21. The molecule has 9 heteroatoms. The number of halogens is 2. The third-order valence-electron chi connectivity index (χ3n) is 8.02. The Morgan fingerprint density at radius 3 is 2.44 bits per heavy atom. The van der Waals surface area contributed by atoms with Crippen molar-refractivity contribution in [3.05, 3.63) is 105 Å². The fraction of sp³-hybridized carbons (Fsp3) is 0.412. The number of hydrogen-bond acceptors (Lipinski definition) is 5. The number of amides is 2. The van der Waals surface area contributed by atoms with Gasteiger partial charge in [0.1, 0.15) is 11.6 Å². The molecule has 4 N–H and O–H groups in total. The molecule has 0 aromatic heterocycles. The topological polar surface area (TPSA) is 105 Å². The van der Waals surface area contributed by atoms with Crippen LogP contribution in [-0.4, -0.2) is 60.3 Å². The van der Waals surface area contributed by atoms with Crippen molar-refractivity contribution in [3.63, 3.8) is 0 Å². The Morgan fingerprint density at radius 2 is 1.74 bits per heavy atom. The van der Waals surface area contributed by atoms with Crippen molar-refractivity contribution in [1.82, 2.24) is 10.2 Å². The van der Waals surface area contributed by atoms with E-state index in [0.29, 0.717) is 36.4 Å². The number of aliphatic hydroxyl groups excluding tert-OH is 1. The highest BCUT2D eigenvalue weighted by atomic mass is 19.1. The van der Waals surface area contributed by atoms with Crippen LogP contribution in [0, 0.1) is 18.6 Å². The molecule has 43 heavy (non-hydrogen) atoms. The monoisotopic (exact) mass is 593 g/mol. The lowest BCUT2D eigenvalue weighted by atomic mass is 9.89. The van der Waals surface area contributed by atoms with E-state index in [9.17, 15) is 23.5 Å². The van der Waals surface area contributed by atoms with E-state index < -0.39 is 23.8 Å². The second kappa shape index (κ2) is 14.7. The lowest BCUT2D eigenvalue weighted by molar-refractivity contribution is 0.0628. The summed E-state index contributed by atoms with van der Waals surface area (Å²) in [5, 5.41) is 14.2. The average Bonchev–Trinajstić information content (AvgIpc) is 3.44. The minimum absolute atomic E-state index is 0.00231. The summed E-state index contributed by atoms with van der Waals surface area (Å²) in [6, 6.07) is 13.5. The van der Waals surface area contributed by atoms with E-state index in [4.69, 9.17) is 10.5 Å². The van der Waals surface area contributed by atoms with Crippen LogP contribution in [0.1, 0.15) is 68.3 Å². The maximum absolute atomic E-state index is 14.0. The van der Waals surface area contributed by atoms with Gasteiger partial charge in [-0.1, -0.05) is 31.2 Å². The van der Waals surface area contributed by atoms with Crippen LogP contribution in [0.5, 0.6) is 0 Å². The van der Waals surface area contributed by atoms with Gasteiger partial charge in [-0.25, -0.2) is 8.78 Å². The number of ether oxygens (including phenoxy) is 1.